The molecule has 0 bridgehead atoms. The molecule has 2 aliphatic rings. The quantitative estimate of drug-likeness (QED) is 0.797. The predicted molar refractivity (Wildman–Crippen MR) is 60.8 cm³/mol. The molecule has 1 N–H and O–H groups in total. The van der Waals surface area contributed by atoms with Gasteiger partial charge in [-0.1, -0.05) is 36.6 Å². The molecule has 2 fully saturated rings. The fourth-order valence-electron chi connectivity index (χ4n) is 3.31. The molecule has 0 heterocycles. The van der Waals surface area contributed by atoms with E-state index in [2.05, 4.69) is 0 Å². The summed E-state index contributed by atoms with van der Waals surface area (Å²) in [6, 6.07) is 4.71. The van der Waals surface area contributed by atoms with E-state index in [-0.39, 0.29) is 5.02 Å². The van der Waals surface area contributed by atoms with Crippen LogP contribution in [0.1, 0.15) is 31.2 Å². The van der Waals surface area contributed by atoms with E-state index < -0.39 is 11.4 Å². The highest BCUT2D eigenvalue weighted by Gasteiger charge is 2.65. The van der Waals surface area contributed by atoms with Crippen molar-refractivity contribution in [3.63, 3.8) is 0 Å². The molecular weight excluding hydrogens is 227 g/mol. The third-order valence-corrected chi connectivity index (χ3v) is 4.55. The van der Waals surface area contributed by atoms with Crippen LogP contribution in [0.3, 0.4) is 0 Å². The molecule has 16 heavy (non-hydrogen) atoms. The summed E-state index contributed by atoms with van der Waals surface area (Å²) in [5.74, 6) is 0.150. The predicted octanol–water partition coefficient (Wildman–Crippen LogP) is 3.49. The first-order valence-electron chi connectivity index (χ1n) is 5.82. The Morgan fingerprint density at radius 2 is 1.88 bits per heavy atom. The number of fused-ring (bicyclic) bond motifs is 1. The van der Waals surface area contributed by atoms with Gasteiger partial charge in [-0.2, -0.15) is 0 Å². The summed E-state index contributed by atoms with van der Waals surface area (Å²) >= 11 is 5.95. The van der Waals surface area contributed by atoms with Gasteiger partial charge >= 0.3 is 0 Å². The molecule has 1 aromatic carbocycles. The second-order valence-electron chi connectivity index (χ2n) is 4.92. The monoisotopic (exact) mass is 240 g/mol. The summed E-state index contributed by atoms with van der Waals surface area (Å²) in [4.78, 5) is 0. The first kappa shape index (κ1) is 10.5. The molecule has 0 aliphatic heterocycles. The first-order chi connectivity index (χ1) is 7.65. The van der Waals surface area contributed by atoms with Crippen LogP contribution in [0.4, 0.5) is 4.39 Å². The van der Waals surface area contributed by atoms with Crippen LogP contribution < -0.4 is 0 Å². The van der Waals surface area contributed by atoms with Crippen molar-refractivity contribution in [2.24, 2.45) is 11.8 Å². The Morgan fingerprint density at radius 1 is 1.25 bits per heavy atom. The van der Waals surface area contributed by atoms with Crippen LogP contribution in [0.5, 0.6) is 0 Å². The number of hydrogen-bond donors (Lipinski definition) is 1. The number of benzene rings is 1. The molecule has 0 spiro atoms. The van der Waals surface area contributed by atoms with Crippen LogP contribution in [0.15, 0.2) is 18.2 Å². The van der Waals surface area contributed by atoms with E-state index >= 15 is 0 Å². The lowest BCUT2D eigenvalue weighted by Gasteiger charge is -2.13. The fraction of sp³-hybridized carbons (Fsp3) is 0.538. The summed E-state index contributed by atoms with van der Waals surface area (Å²) in [6.07, 6.45) is 4.40. The van der Waals surface area contributed by atoms with Crippen molar-refractivity contribution in [2.45, 2.75) is 31.3 Å². The molecular formula is C13H14ClFO. The molecule has 0 saturated heterocycles. The van der Waals surface area contributed by atoms with Crippen LogP contribution in [0.25, 0.3) is 0 Å². The Bertz CT molecular complexity index is 420. The molecule has 3 heteroatoms. The first-order valence-corrected chi connectivity index (χ1v) is 6.20. The molecule has 86 valence electrons. The molecule has 0 radical (unpaired) electrons. The third kappa shape index (κ3) is 1.26. The van der Waals surface area contributed by atoms with Gasteiger partial charge in [-0.25, -0.2) is 4.39 Å². The van der Waals surface area contributed by atoms with E-state index in [1.807, 2.05) is 0 Å². The highest BCUT2D eigenvalue weighted by Crippen LogP contribution is 2.65. The smallest absolute Gasteiger partial charge is 0.142 e. The van der Waals surface area contributed by atoms with Crippen molar-refractivity contribution in [3.8, 4) is 0 Å². The summed E-state index contributed by atoms with van der Waals surface area (Å²) in [7, 11) is 0. The molecule has 0 aromatic heterocycles. The minimum absolute atomic E-state index is 0.0967. The zero-order chi connectivity index (χ0) is 11.3. The normalized spacial score (nSPS) is 36.9. The van der Waals surface area contributed by atoms with Crippen LogP contribution >= 0.6 is 11.6 Å². The van der Waals surface area contributed by atoms with Crippen LogP contribution in [-0.4, -0.2) is 5.11 Å². The Balaban J connectivity index is 2.01. The van der Waals surface area contributed by atoms with E-state index in [1.165, 1.54) is 6.07 Å². The maximum Gasteiger partial charge on any atom is 0.142 e. The van der Waals surface area contributed by atoms with Crippen molar-refractivity contribution >= 4 is 11.6 Å². The zero-order valence-corrected chi connectivity index (χ0v) is 9.67. The van der Waals surface area contributed by atoms with Gasteiger partial charge in [0.15, 0.2) is 0 Å². The highest BCUT2D eigenvalue weighted by molar-refractivity contribution is 6.31. The van der Waals surface area contributed by atoms with Crippen LogP contribution in [0, 0.1) is 17.7 Å². The lowest BCUT2D eigenvalue weighted by molar-refractivity contribution is 0.118. The van der Waals surface area contributed by atoms with Crippen molar-refractivity contribution in [2.75, 3.05) is 0 Å². The van der Waals surface area contributed by atoms with Gasteiger partial charge in [0, 0.05) is 5.56 Å². The van der Waals surface area contributed by atoms with Gasteiger partial charge in [0.05, 0.1) is 10.6 Å². The van der Waals surface area contributed by atoms with Gasteiger partial charge in [-0.05, 0) is 30.7 Å². The number of aliphatic hydroxyl groups is 1. The standard InChI is InChI=1S/C13H14ClFO/c14-12-10(6-3-7-11(12)15)13(16)8-4-1-2-5-9(8)13/h3,6-9,16H,1-2,4-5H2. The Labute approximate surface area is 99.2 Å². The average Bonchev–Trinajstić information content (AvgIpc) is 2.91. The number of halogens is 2. The molecule has 2 aliphatic carbocycles. The molecule has 2 unspecified atom stereocenters. The van der Waals surface area contributed by atoms with E-state index in [0.29, 0.717) is 17.4 Å². The van der Waals surface area contributed by atoms with Crippen molar-refractivity contribution in [1.82, 2.24) is 0 Å². The average molecular weight is 241 g/mol. The molecule has 0 amide bonds. The highest BCUT2D eigenvalue weighted by atomic mass is 35.5. The topological polar surface area (TPSA) is 20.2 Å². The minimum atomic E-state index is -0.852. The summed E-state index contributed by atoms with van der Waals surface area (Å²) < 4.78 is 13.4. The summed E-state index contributed by atoms with van der Waals surface area (Å²) in [5, 5.41) is 10.7. The number of hydrogen-bond acceptors (Lipinski definition) is 1. The Morgan fingerprint density at radius 3 is 2.50 bits per heavy atom. The van der Waals surface area contributed by atoms with Crippen molar-refractivity contribution in [1.29, 1.82) is 0 Å². The summed E-state index contributed by atoms with van der Waals surface area (Å²) in [6.45, 7) is 0. The van der Waals surface area contributed by atoms with E-state index in [4.69, 9.17) is 11.6 Å². The molecule has 3 rings (SSSR count). The van der Waals surface area contributed by atoms with Gasteiger partial charge < -0.3 is 5.11 Å². The van der Waals surface area contributed by atoms with Crippen molar-refractivity contribution < 1.29 is 9.50 Å². The lowest BCUT2D eigenvalue weighted by Crippen LogP contribution is -2.11. The maximum absolute atomic E-state index is 13.4. The van der Waals surface area contributed by atoms with Crippen LogP contribution in [0.2, 0.25) is 5.02 Å². The molecule has 2 atom stereocenters. The number of rotatable bonds is 1. The third-order valence-electron chi connectivity index (χ3n) is 4.17. The van der Waals surface area contributed by atoms with Gasteiger partial charge in [-0.3, -0.25) is 0 Å². The second-order valence-corrected chi connectivity index (χ2v) is 5.30. The van der Waals surface area contributed by atoms with Crippen molar-refractivity contribution in [3.05, 3.63) is 34.6 Å². The second kappa shape index (κ2) is 3.44. The van der Waals surface area contributed by atoms with E-state index in [1.54, 1.807) is 12.1 Å². The molecule has 1 aromatic rings. The minimum Gasteiger partial charge on any atom is -0.385 e. The molecule has 2 saturated carbocycles. The van der Waals surface area contributed by atoms with Crippen LogP contribution in [-0.2, 0) is 5.60 Å². The van der Waals surface area contributed by atoms with Gasteiger partial charge in [0.2, 0.25) is 0 Å². The Hall–Kier alpha value is -0.600. The van der Waals surface area contributed by atoms with Gasteiger partial charge in [0.1, 0.15) is 5.82 Å². The molecule has 1 nitrogen and oxygen atoms in total. The zero-order valence-electron chi connectivity index (χ0n) is 8.92. The SMILES string of the molecule is OC1(c2cccc(F)c2Cl)C2CCCCC21. The largest absolute Gasteiger partial charge is 0.385 e. The van der Waals surface area contributed by atoms with Gasteiger partial charge in [0.25, 0.3) is 0 Å². The lowest BCUT2D eigenvalue weighted by atomic mass is 10.0. The van der Waals surface area contributed by atoms with E-state index in [9.17, 15) is 9.50 Å². The fourth-order valence-corrected chi connectivity index (χ4v) is 3.58. The van der Waals surface area contributed by atoms with Gasteiger partial charge in [-0.15, -0.1) is 0 Å². The maximum atomic E-state index is 13.4. The Kier molecular flexibility index (Phi) is 2.27. The van der Waals surface area contributed by atoms with E-state index in [0.717, 1.165) is 25.7 Å². The summed E-state index contributed by atoms with van der Waals surface area (Å²) in [5.41, 5.74) is -0.263.